The molecule has 14 heavy (non-hydrogen) atoms. The van der Waals surface area contributed by atoms with Crippen molar-refractivity contribution in [2.24, 2.45) is 0 Å². The Kier molecular flexibility index (Phi) is 3.86. The molecule has 0 saturated heterocycles. The van der Waals surface area contributed by atoms with Crippen LogP contribution in [0.15, 0.2) is 6.20 Å². The van der Waals surface area contributed by atoms with Gasteiger partial charge in [0.1, 0.15) is 0 Å². The van der Waals surface area contributed by atoms with Crippen molar-refractivity contribution in [2.75, 3.05) is 18.8 Å². The smallest absolute Gasteiger partial charge is 0.180 e. The Morgan fingerprint density at radius 1 is 1.71 bits per heavy atom. The van der Waals surface area contributed by atoms with E-state index in [2.05, 4.69) is 10.3 Å². The molecule has 0 aromatic carbocycles. The summed E-state index contributed by atoms with van der Waals surface area (Å²) < 4.78 is 0. The van der Waals surface area contributed by atoms with Gasteiger partial charge in [0, 0.05) is 6.20 Å². The maximum atomic E-state index is 10.1. The number of anilines is 1. The van der Waals surface area contributed by atoms with Crippen LogP contribution in [-0.4, -0.2) is 23.2 Å². The fourth-order valence-electron chi connectivity index (χ4n) is 1.17. The van der Waals surface area contributed by atoms with Gasteiger partial charge in [-0.3, -0.25) is 0 Å². The maximum absolute atomic E-state index is 10.1. The fourth-order valence-corrected chi connectivity index (χ4v) is 1.93. The van der Waals surface area contributed by atoms with Gasteiger partial charge in [0.05, 0.1) is 10.5 Å². The SMILES string of the molecule is CCNCCC(C)(O)c1cnc(N)s1. The van der Waals surface area contributed by atoms with E-state index in [1.165, 1.54) is 11.3 Å². The summed E-state index contributed by atoms with van der Waals surface area (Å²) in [4.78, 5) is 4.75. The number of nitrogen functional groups attached to an aromatic ring is 1. The van der Waals surface area contributed by atoms with Crippen molar-refractivity contribution in [1.82, 2.24) is 10.3 Å². The topological polar surface area (TPSA) is 71.2 Å². The molecule has 0 spiro atoms. The normalized spacial score (nSPS) is 15.4. The van der Waals surface area contributed by atoms with Crippen LogP contribution in [-0.2, 0) is 5.60 Å². The minimum absolute atomic E-state index is 0.503. The minimum atomic E-state index is -0.822. The molecule has 5 heteroatoms. The third-order valence-corrected chi connectivity index (χ3v) is 3.17. The second kappa shape index (κ2) is 4.72. The maximum Gasteiger partial charge on any atom is 0.180 e. The molecule has 1 unspecified atom stereocenters. The minimum Gasteiger partial charge on any atom is -0.385 e. The van der Waals surface area contributed by atoms with Crippen LogP contribution < -0.4 is 11.1 Å². The van der Waals surface area contributed by atoms with Crippen LogP contribution in [0.5, 0.6) is 0 Å². The van der Waals surface area contributed by atoms with Crippen molar-refractivity contribution in [3.8, 4) is 0 Å². The highest BCUT2D eigenvalue weighted by molar-refractivity contribution is 7.15. The Morgan fingerprint density at radius 2 is 2.43 bits per heavy atom. The number of thiazole rings is 1. The first-order valence-corrected chi connectivity index (χ1v) is 5.53. The predicted molar refractivity (Wildman–Crippen MR) is 59.3 cm³/mol. The van der Waals surface area contributed by atoms with Gasteiger partial charge in [-0.15, -0.1) is 0 Å². The molecule has 0 aliphatic carbocycles. The summed E-state index contributed by atoms with van der Waals surface area (Å²) in [6.45, 7) is 5.54. The number of rotatable bonds is 5. The largest absolute Gasteiger partial charge is 0.385 e. The molecular formula is C9H17N3OS. The zero-order valence-corrected chi connectivity index (χ0v) is 9.40. The van der Waals surface area contributed by atoms with Gasteiger partial charge in [0.25, 0.3) is 0 Å². The molecule has 0 saturated carbocycles. The van der Waals surface area contributed by atoms with E-state index in [0.717, 1.165) is 18.0 Å². The van der Waals surface area contributed by atoms with Gasteiger partial charge >= 0.3 is 0 Å². The Balaban J connectivity index is 2.56. The molecule has 0 amide bonds. The van der Waals surface area contributed by atoms with Crippen molar-refractivity contribution in [3.63, 3.8) is 0 Å². The van der Waals surface area contributed by atoms with E-state index in [1.807, 2.05) is 6.92 Å². The molecule has 1 aromatic heterocycles. The van der Waals surface area contributed by atoms with Gasteiger partial charge in [0.15, 0.2) is 5.13 Å². The van der Waals surface area contributed by atoms with E-state index in [4.69, 9.17) is 5.73 Å². The molecule has 1 rings (SSSR count). The van der Waals surface area contributed by atoms with Gasteiger partial charge < -0.3 is 16.2 Å². The van der Waals surface area contributed by atoms with Crippen molar-refractivity contribution >= 4 is 16.5 Å². The van der Waals surface area contributed by atoms with Crippen LogP contribution in [0.4, 0.5) is 5.13 Å². The van der Waals surface area contributed by atoms with Gasteiger partial charge in [-0.25, -0.2) is 4.98 Å². The quantitative estimate of drug-likeness (QED) is 0.639. The fraction of sp³-hybridized carbons (Fsp3) is 0.667. The molecule has 4 nitrogen and oxygen atoms in total. The lowest BCUT2D eigenvalue weighted by atomic mass is 10.0. The van der Waals surface area contributed by atoms with Crippen molar-refractivity contribution in [1.29, 1.82) is 0 Å². The number of aromatic nitrogens is 1. The number of hydrogen-bond acceptors (Lipinski definition) is 5. The van der Waals surface area contributed by atoms with Crippen LogP contribution in [0.1, 0.15) is 25.1 Å². The molecule has 0 aliphatic rings. The van der Waals surface area contributed by atoms with Gasteiger partial charge in [-0.2, -0.15) is 0 Å². The highest BCUT2D eigenvalue weighted by atomic mass is 32.1. The molecular weight excluding hydrogens is 198 g/mol. The Bertz CT molecular complexity index is 285. The molecule has 0 aliphatic heterocycles. The van der Waals surface area contributed by atoms with Crippen LogP contribution in [0, 0.1) is 0 Å². The molecule has 4 N–H and O–H groups in total. The number of nitrogens with one attached hydrogen (secondary N) is 1. The summed E-state index contributed by atoms with van der Waals surface area (Å²) >= 11 is 1.34. The summed E-state index contributed by atoms with van der Waals surface area (Å²) in [6, 6.07) is 0. The third kappa shape index (κ3) is 2.94. The lowest BCUT2D eigenvalue weighted by Gasteiger charge is -2.21. The summed E-state index contributed by atoms with van der Waals surface area (Å²) in [5, 5.41) is 13.8. The predicted octanol–water partition coefficient (Wildman–Crippen LogP) is 0.932. The average Bonchev–Trinajstić information content (AvgIpc) is 2.53. The van der Waals surface area contributed by atoms with E-state index < -0.39 is 5.60 Å². The molecule has 0 bridgehead atoms. The molecule has 1 aromatic rings. The van der Waals surface area contributed by atoms with E-state index in [0.29, 0.717) is 11.6 Å². The summed E-state index contributed by atoms with van der Waals surface area (Å²) in [5.41, 5.74) is 4.69. The lowest BCUT2D eigenvalue weighted by Crippen LogP contribution is -2.26. The third-order valence-electron chi connectivity index (χ3n) is 2.09. The number of nitrogens with two attached hydrogens (primary N) is 1. The Labute approximate surface area is 88.2 Å². The second-order valence-corrected chi connectivity index (χ2v) is 4.50. The molecule has 1 atom stereocenters. The van der Waals surface area contributed by atoms with Crippen molar-refractivity contribution < 1.29 is 5.11 Å². The summed E-state index contributed by atoms with van der Waals surface area (Å²) in [6.07, 6.45) is 2.31. The first kappa shape index (κ1) is 11.4. The van der Waals surface area contributed by atoms with Crippen molar-refractivity contribution in [3.05, 3.63) is 11.1 Å². The molecule has 0 radical (unpaired) electrons. The molecule has 1 heterocycles. The monoisotopic (exact) mass is 215 g/mol. The van der Waals surface area contributed by atoms with Gasteiger partial charge in [-0.1, -0.05) is 18.3 Å². The van der Waals surface area contributed by atoms with E-state index in [9.17, 15) is 5.11 Å². The first-order valence-electron chi connectivity index (χ1n) is 4.71. The average molecular weight is 215 g/mol. The van der Waals surface area contributed by atoms with Crippen molar-refractivity contribution in [2.45, 2.75) is 25.9 Å². The van der Waals surface area contributed by atoms with Crippen LogP contribution in [0.3, 0.4) is 0 Å². The number of nitrogens with zero attached hydrogens (tertiary/aromatic N) is 1. The van der Waals surface area contributed by atoms with E-state index in [-0.39, 0.29) is 0 Å². The molecule has 0 fully saturated rings. The summed E-state index contributed by atoms with van der Waals surface area (Å²) in [7, 11) is 0. The Morgan fingerprint density at radius 3 is 2.93 bits per heavy atom. The van der Waals surface area contributed by atoms with Crippen LogP contribution in [0.25, 0.3) is 0 Å². The zero-order chi connectivity index (χ0) is 10.6. The highest BCUT2D eigenvalue weighted by Gasteiger charge is 2.24. The number of hydrogen-bond donors (Lipinski definition) is 3. The van der Waals surface area contributed by atoms with Gasteiger partial charge in [-0.05, 0) is 26.4 Å². The Hall–Kier alpha value is -0.650. The molecule has 80 valence electrons. The summed E-state index contributed by atoms with van der Waals surface area (Å²) in [5.74, 6) is 0. The zero-order valence-electron chi connectivity index (χ0n) is 8.58. The van der Waals surface area contributed by atoms with E-state index in [1.54, 1.807) is 13.1 Å². The first-order chi connectivity index (χ1) is 6.56. The lowest BCUT2D eigenvalue weighted by molar-refractivity contribution is 0.0517. The number of aliphatic hydroxyl groups is 1. The van der Waals surface area contributed by atoms with Crippen LogP contribution >= 0.6 is 11.3 Å². The standard InChI is InChI=1S/C9H17N3OS/c1-3-11-5-4-9(2,13)7-6-12-8(10)14-7/h6,11,13H,3-5H2,1-2H3,(H2,10,12). The van der Waals surface area contributed by atoms with Gasteiger partial charge in [0.2, 0.25) is 0 Å². The van der Waals surface area contributed by atoms with E-state index >= 15 is 0 Å². The van der Waals surface area contributed by atoms with Crippen LogP contribution in [0.2, 0.25) is 0 Å². The highest BCUT2D eigenvalue weighted by Crippen LogP contribution is 2.29. The second-order valence-electron chi connectivity index (χ2n) is 3.44.